The Morgan fingerprint density at radius 1 is 1.07 bits per heavy atom. The quantitative estimate of drug-likeness (QED) is 0.447. The molecule has 5 nitrogen and oxygen atoms in total. The zero-order valence-electron chi connectivity index (χ0n) is 16.0. The third kappa shape index (κ3) is 3.48. The number of aromatic amines is 2. The maximum Gasteiger partial charge on any atom is 0.260 e. The maximum absolute atomic E-state index is 12.8. The average Bonchev–Trinajstić information content (AvgIpc) is 3.35. The molecule has 0 saturated carbocycles. The molecule has 0 spiro atoms. The standard InChI is InChI=1S/C23H20N4OS/c1-27(12-15-7-8-17-9-10-24-19(17)11-15)13-20-25-22(28)21-18(14-29-23(21)26-20)16-5-3-2-4-6-16/h2-11,14,24H,12-13H2,1H3,(H,25,26,28). The number of H-pyrrole nitrogens is 2. The molecule has 0 radical (unpaired) electrons. The first kappa shape index (κ1) is 17.8. The summed E-state index contributed by atoms with van der Waals surface area (Å²) in [6, 6.07) is 18.5. The van der Waals surface area contributed by atoms with Crippen LogP contribution in [0.2, 0.25) is 0 Å². The van der Waals surface area contributed by atoms with E-state index in [1.165, 1.54) is 22.3 Å². The molecule has 144 valence electrons. The number of thiophene rings is 1. The Balaban J connectivity index is 1.39. The summed E-state index contributed by atoms with van der Waals surface area (Å²) in [4.78, 5) is 26.7. The van der Waals surface area contributed by atoms with Crippen LogP contribution in [0.3, 0.4) is 0 Å². The molecule has 0 atom stereocenters. The molecule has 5 rings (SSSR count). The molecule has 0 fully saturated rings. The molecule has 0 amide bonds. The predicted molar refractivity (Wildman–Crippen MR) is 119 cm³/mol. The molecule has 6 heteroatoms. The third-order valence-corrected chi connectivity index (χ3v) is 5.94. The number of benzene rings is 2. The van der Waals surface area contributed by atoms with Crippen molar-refractivity contribution in [1.82, 2.24) is 19.9 Å². The fourth-order valence-electron chi connectivity index (χ4n) is 3.72. The van der Waals surface area contributed by atoms with E-state index in [1.54, 1.807) is 0 Å². The van der Waals surface area contributed by atoms with Crippen molar-refractivity contribution in [3.8, 4) is 11.1 Å². The molecule has 0 bridgehead atoms. The lowest BCUT2D eigenvalue weighted by atomic mass is 10.1. The molecular weight excluding hydrogens is 380 g/mol. The normalized spacial score (nSPS) is 11.7. The largest absolute Gasteiger partial charge is 0.361 e. The van der Waals surface area contributed by atoms with E-state index < -0.39 is 0 Å². The van der Waals surface area contributed by atoms with E-state index in [2.05, 4.69) is 39.1 Å². The number of rotatable bonds is 5. The van der Waals surface area contributed by atoms with Gasteiger partial charge in [-0.1, -0.05) is 42.5 Å². The molecule has 0 aliphatic rings. The zero-order valence-corrected chi connectivity index (χ0v) is 16.8. The highest BCUT2D eigenvalue weighted by Gasteiger charge is 2.14. The Hall–Kier alpha value is -3.22. The van der Waals surface area contributed by atoms with Gasteiger partial charge in [0, 0.05) is 29.2 Å². The van der Waals surface area contributed by atoms with Gasteiger partial charge in [0.1, 0.15) is 10.7 Å². The van der Waals surface area contributed by atoms with Gasteiger partial charge in [0.2, 0.25) is 0 Å². The summed E-state index contributed by atoms with van der Waals surface area (Å²) in [6.45, 7) is 1.35. The van der Waals surface area contributed by atoms with Crippen molar-refractivity contribution in [3.05, 3.63) is 87.9 Å². The van der Waals surface area contributed by atoms with E-state index >= 15 is 0 Å². The minimum atomic E-state index is -0.0775. The van der Waals surface area contributed by atoms with Gasteiger partial charge in [0.25, 0.3) is 5.56 Å². The van der Waals surface area contributed by atoms with E-state index in [1.807, 2.05) is 49.0 Å². The summed E-state index contributed by atoms with van der Waals surface area (Å²) >= 11 is 1.52. The SMILES string of the molecule is CN(Cc1ccc2cc[nH]c2c1)Cc1nc2scc(-c3ccccc3)c2c(=O)[nH]1. The van der Waals surface area contributed by atoms with E-state index in [0.29, 0.717) is 17.8 Å². The molecule has 5 aromatic rings. The van der Waals surface area contributed by atoms with Crippen LogP contribution in [0.4, 0.5) is 0 Å². The van der Waals surface area contributed by atoms with Crippen LogP contribution < -0.4 is 5.56 Å². The number of fused-ring (bicyclic) bond motifs is 2. The fraction of sp³-hybridized carbons (Fsp3) is 0.130. The van der Waals surface area contributed by atoms with Gasteiger partial charge in [-0.2, -0.15) is 0 Å². The summed E-state index contributed by atoms with van der Waals surface area (Å²) in [5, 5.41) is 3.89. The summed E-state index contributed by atoms with van der Waals surface area (Å²) in [6.07, 6.45) is 1.95. The van der Waals surface area contributed by atoms with Gasteiger partial charge in [-0.15, -0.1) is 11.3 Å². The van der Waals surface area contributed by atoms with Crippen LogP contribution in [0.25, 0.3) is 32.2 Å². The lowest BCUT2D eigenvalue weighted by Crippen LogP contribution is -2.21. The van der Waals surface area contributed by atoms with Gasteiger partial charge in [0.15, 0.2) is 0 Å². The highest BCUT2D eigenvalue weighted by Crippen LogP contribution is 2.30. The van der Waals surface area contributed by atoms with E-state index in [9.17, 15) is 4.79 Å². The fourth-order valence-corrected chi connectivity index (χ4v) is 4.68. The molecule has 0 aliphatic heterocycles. The van der Waals surface area contributed by atoms with Gasteiger partial charge >= 0.3 is 0 Å². The number of aromatic nitrogens is 3. The summed E-state index contributed by atoms with van der Waals surface area (Å²) in [5.41, 5.74) is 4.25. The molecule has 2 aromatic carbocycles. The highest BCUT2D eigenvalue weighted by molar-refractivity contribution is 7.17. The van der Waals surface area contributed by atoms with Crippen molar-refractivity contribution in [2.75, 3.05) is 7.05 Å². The van der Waals surface area contributed by atoms with Crippen LogP contribution in [0.15, 0.2) is 71.0 Å². The van der Waals surface area contributed by atoms with Crippen molar-refractivity contribution in [1.29, 1.82) is 0 Å². The monoisotopic (exact) mass is 400 g/mol. The molecule has 3 aromatic heterocycles. The smallest absolute Gasteiger partial charge is 0.260 e. The Kier molecular flexibility index (Phi) is 4.50. The van der Waals surface area contributed by atoms with Crippen LogP contribution in [-0.4, -0.2) is 26.9 Å². The predicted octanol–water partition coefficient (Wildman–Crippen LogP) is 4.76. The summed E-state index contributed by atoms with van der Waals surface area (Å²) in [5.74, 6) is 0.687. The van der Waals surface area contributed by atoms with Gasteiger partial charge < -0.3 is 9.97 Å². The molecule has 0 aliphatic carbocycles. The van der Waals surface area contributed by atoms with Crippen molar-refractivity contribution >= 4 is 32.5 Å². The first-order valence-corrected chi connectivity index (χ1v) is 10.4. The van der Waals surface area contributed by atoms with Crippen LogP contribution in [0, 0.1) is 0 Å². The van der Waals surface area contributed by atoms with Crippen molar-refractivity contribution in [2.45, 2.75) is 13.1 Å². The molecular formula is C23H20N4OS. The number of nitrogens with zero attached hydrogens (tertiary/aromatic N) is 2. The van der Waals surface area contributed by atoms with Crippen molar-refractivity contribution in [2.24, 2.45) is 0 Å². The minimum absolute atomic E-state index is 0.0775. The van der Waals surface area contributed by atoms with E-state index in [0.717, 1.165) is 28.0 Å². The zero-order chi connectivity index (χ0) is 19.8. The van der Waals surface area contributed by atoms with Crippen molar-refractivity contribution < 1.29 is 0 Å². The second kappa shape index (κ2) is 7.31. The van der Waals surface area contributed by atoms with Gasteiger partial charge in [-0.25, -0.2) is 4.98 Å². The van der Waals surface area contributed by atoms with Gasteiger partial charge in [0.05, 0.1) is 11.9 Å². The van der Waals surface area contributed by atoms with Gasteiger partial charge in [-0.3, -0.25) is 9.69 Å². The van der Waals surface area contributed by atoms with Crippen molar-refractivity contribution in [3.63, 3.8) is 0 Å². The van der Waals surface area contributed by atoms with Crippen LogP contribution in [0.1, 0.15) is 11.4 Å². The Morgan fingerprint density at radius 2 is 1.93 bits per heavy atom. The van der Waals surface area contributed by atoms with Crippen LogP contribution in [0.5, 0.6) is 0 Å². The Bertz CT molecular complexity index is 1350. The number of nitrogens with one attached hydrogen (secondary N) is 2. The molecule has 0 unspecified atom stereocenters. The first-order valence-electron chi connectivity index (χ1n) is 9.48. The van der Waals surface area contributed by atoms with E-state index in [4.69, 9.17) is 4.98 Å². The highest BCUT2D eigenvalue weighted by atomic mass is 32.1. The first-order chi connectivity index (χ1) is 14.2. The molecule has 29 heavy (non-hydrogen) atoms. The van der Waals surface area contributed by atoms with Crippen LogP contribution >= 0.6 is 11.3 Å². The molecule has 0 saturated heterocycles. The molecule has 3 heterocycles. The number of hydrogen-bond acceptors (Lipinski definition) is 4. The second-order valence-electron chi connectivity index (χ2n) is 7.28. The van der Waals surface area contributed by atoms with E-state index in [-0.39, 0.29) is 5.56 Å². The minimum Gasteiger partial charge on any atom is -0.361 e. The Morgan fingerprint density at radius 3 is 2.79 bits per heavy atom. The third-order valence-electron chi connectivity index (χ3n) is 5.07. The Labute approximate surface area is 171 Å². The topological polar surface area (TPSA) is 64.8 Å². The summed E-state index contributed by atoms with van der Waals surface area (Å²) < 4.78 is 0. The molecule has 2 N–H and O–H groups in total. The lowest BCUT2D eigenvalue weighted by molar-refractivity contribution is 0.311. The summed E-state index contributed by atoms with van der Waals surface area (Å²) in [7, 11) is 2.03. The maximum atomic E-state index is 12.8. The average molecular weight is 401 g/mol. The second-order valence-corrected chi connectivity index (χ2v) is 8.14. The van der Waals surface area contributed by atoms with Crippen LogP contribution in [-0.2, 0) is 13.1 Å². The van der Waals surface area contributed by atoms with Gasteiger partial charge in [-0.05, 0) is 35.7 Å². The number of hydrogen-bond donors (Lipinski definition) is 2. The lowest BCUT2D eigenvalue weighted by Gasteiger charge is -2.16.